The second kappa shape index (κ2) is 7.63. The summed E-state index contributed by atoms with van der Waals surface area (Å²) < 4.78 is 2.02. The van der Waals surface area contributed by atoms with Crippen LogP contribution in [0.4, 0.5) is 5.69 Å². The number of H-pyrrole nitrogens is 3. The maximum absolute atomic E-state index is 13.0. The smallest absolute Gasteiger partial charge is 0.299 e. The fraction of sp³-hybridized carbons (Fsp3) is 0.0435. The highest BCUT2D eigenvalue weighted by Crippen LogP contribution is 2.19. The lowest BCUT2D eigenvalue weighted by molar-refractivity contribution is -0.520. The van der Waals surface area contributed by atoms with Crippen molar-refractivity contribution < 1.29 is 14.2 Å². The molecule has 7 heteroatoms. The van der Waals surface area contributed by atoms with Crippen LogP contribution in [0.3, 0.4) is 0 Å². The summed E-state index contributed by atoms with van der Waals surface area (Å²) in [6.07, 6.45) is 9.88. The lowest BCUT2D eigenvalue weighted by Gasteiger charge is -2.04. The Labute approximate surface area is 172 Å². The number of hydrogen-bond donors (Lipinski definition) is 3. The van der Waals surface area contributed by atoms with Gasteiger partial charge < -0.3 is 10.3 Å². The van der Waals surface area contributed by atoms with Gasteiger partial charge in [-0.05, 0) is 35.9 Å². The monoisotopic (exact) mass is 396 g/mol. The summed E-state index contributed by atoms with van der Waals surface area (Å²) >= 11 is 0. The van der Waals surface area contributed by atoms with Gasteiger partial charge in [-0.2, -0.15) is 4.40 Å². The molecular weight excluding hydrogens is 376 g/mol. The number of carbonyl (C=O) groups is 1. The maximum atomic E-state index is 13.0. The molecule has 0 atom stereocenters. The maximum Gasteiger partial charge on any atom is 0.299 e. The average molecular weight is 396 g/mol. The van der Waals surface area contributed by atoms with Gasteiger partial charge in [0.25, 0.3) is 11.7 Å². The van der Waals surface area contributed by atoms with E-state index in [9.17, 15) is 4.79 Å². The first-order valence-electron chi connectivity index (χ1n) is 9.64. The second-order valence-electron chi connectivity index (χ2n) is 6.99. The third-order valence-corrected chi connectivity index (χ3v) is 5.00. The molecule has 7 nitrogen and oxygen atoms in total. The van der Waals surface area contributed by atoms with E-state index in [2.05, 4.69) is 25.3 Å². The first-order valence-corrected chi connectivity index (χ1v) is 9.64. The van der Waals surface area contributed by atoms with Gasteiger partial charge in [-0.1, -0.05) is 18.2 Å². The Balaban J connectivity index is 1.42. The van der Waals surface area contributed by atoms with Crippen LogP contribution in [0, 0.1) is 0 Å². The molecule has 1 amide bonds. The summed E-state index contributed by atoms with van der Waals surface area (Å²) in [5.74, 6) is 0.754. The number of pyridine rings is 2. The number of fused-ring (bicyclic) bond motifs is 1. The molecule has 5 aromatic rings. The molecule has 0 spiro atoms. The van der Waals surface area contributed by atoms with E-state index in [1.54, 1.807) is 12.5 Å². The van der Waals surface area contributed by atoms with Crippen LogP contribution in [0.2, 0.25) is 0 Å². The van der Waals surface area contributed by atoms with Crippen LogP contribution in [0.5, 0.6) is 0 Å². The molecule has 0 aliphatic carbocycles. The third kappa shape index (κ3) is 3.44. The van der Waals surface area contributed by atoms with Crippen molar-refractivity contribution in [2.45, 2.75) is 6.42 Å². The van der Waals surface area contributed by atoms with Crippen molar-refractivity contribution in [3.8, 4) is 11.3 Å². The minimum atomic E-state index is -0.182. The lowest BCUT2D eigenvalue weighted by atomic mass is 10.1. The molecule has 0 saturated heterocycles. The molecule has 0 aliphatic rings. The Morgan fingerprint density at radius 2 is 2.00 bits per heavy atom. The zero-order valence-corrected chi connectivity index (χ0v) is 16.1. The molecule has 4 aromatic heterocycles. The summed E-state index contributed by atoms with van der Waals surface area (Å²) in [7, 11) is 0. The van der Waals surface area contributed by atoms with Crippen LogP contribution in [0.25, 0.3) is 16.8 Å². The fourth-order valence-corrected chi connectivity index (χ4v) is 3.53. The number of anilines is 1. The Morgan fingerprint density at radius 3 is 2.77 bits per heavy atom. The topological polar surface area (TPSA) is 91.8 Å². The van der Waals surface area contributed by atoms with E-state index in [0.29, 0.717) is 12.1 Å². The molecule has 0 radical (unpaired) electrons. The van der Waals surface area contributed by atoms with Crippen LogP contribution < -0.4 is 14.7 Å². The van der Waals surface area contributed by atoms with Gasteiger partial charge in [0.05, 0.1) is 30.8 Å². The van der Waals surface area contributed by atoms with E-state index < -0.39 is 0 Å². The van der Waals surface area contributed by atoms with Crippen LogP contribution in [-0.2, 0) is 6.42 Å². The van der Waals surface area contributed by atoms with E-state index in [4.69, 9.17) is 0 Å². The first-order chi connectivity index (χ1) is 14.8. The molecule has 1 aromatic carbocycles. The Hall–Kier alpha value is -4.26. The fourth-order valence-electron chi connectivity index (χ4n) is 3.53. The SMILES string of the molecule is O=C(Nc1ccc(-c2cnc[nH]2)cc1)c1[nH]c(Cc2ccc[nH+]c2)[n+]2ccccc12. The van der Waals surface area contributed by atoms with E-state index in [1.807, 2.05) is 77.6 Å². The number of hydrogen-bond acceptors (Lipinski definition) is 2. The van der Waals surface area contributed by atoms with Crippen LogP contribution in [0.15, 0.2) is 85.7 Å². The number of rotatable bonds is 5. The molecular formula is C23H20N6O+2. The first kappa shape index (κ1) is 17.8. The lowest BCUT2D eigenvalue weighted by Crippen LogP contribution is -2.24. The second-order valence-corrected chi connectivity index (χ2v) is 6.99. The molecule has 0 saturated carbocycles. The predicted molar refractivity (Wildman–Crippen MR) is 112 cm³/mol. The zero-order chi connectivity index (χ0) is 20.3. The minimum absolute atomic E-state index is 0.182. The molecule has 0 bridgehead atoms. The largest absolute Gasteiger partial charge is 0.345 e. The van der Waals surface area contributed by atoms with E-state index in [1.165, 1.54) is 0 Å². The molecule has 0 unspecified atom stereocenters. The van der Waals surface area contributed by atoms with Crippen molar-refractivity contribution in [3.63, 3.8) is 0 Å². The van der Waals surface area contributed by atoms with Gasteiger partial charge in [0.15, 0.2) is 17.9 Å². The van der Waals surface area contributed by atoms with Crippen molar-refractivity contribution in [2.24, 2.45) is 0 Å². The van der Waals surface area contributed by atoms with E-state index >= 15 is 0 Å². The highest BCUT2D eigenvalue weighted by molar-refractivity contribution is 6.06. The molecule has 4 heterocycles. The van der Waals surface area contributed by atoms with Gasteiger partial charge in [0.1, 0.15) is 0 Å². The van der Waals surface area contributed by atoms with Crippen molar-refractivity contribution in [1.82, 2.24) is 15.0 Å². The molecule has 146 valence electrons. The summed E-state index contributed by atoms with van der Waals surface area (Å²) in [5.41, 5.74) is 5.16. The molecule has 5 rings (SSSR count). The number of amides is 1. The van der Waals surface area contributed by atoms with Gasteiger partial charge in [-0.15, -0.1) is 0 Å². The quantitative estimate of drug-likeness (QED) is 0.399. The number of imidazole rings is 2. The Morgan fingerprint density at radius 1 is 1.10 bits per heavy atom. The number of carbonyl (C=O) groups excluding carboxylic acids is 1. The highest BCUT2D eigenvalue weighted by atomic mass is 16.1. The Bertz CT molecular complexity index is 1290. The number of nitrogens with one attached hydrogen (secondary N) is 4. The molecule has 4 N–H and O–H groups in total. The Kier molecular flexibility index (Phi) is 4.53. The van der Waals surface area contributed by atoms with Gasteiger partial charge >= 0.3 is 0 Å². The third-order valence-electron chi connectivity index (χ3n) is 5.00. The van der Waals surface area contributed by atoms with E-state index in [-0.39, 0.29) is 5.91 Å². The van der Waals surface area contributed by atoms with Gasteiger partial charge in [-0.25, -0.2) is 15.0 Å². The minimum Gasteiger partial charge on any atom is -0.345 e. The van der Waals surface area contributed by atoms with Crippen molar-refractivity contribution in [3.05, 3.63) is 103 Å². The zero-order valence-electron chi connectivity index (χ0n) is 16.1. The number of aromatic nitrogens is 5. The summed E-state index contributed by atoms with van der Waals surface area (Å²) in [6.45, 7) is 0. The van der Waals surface area contributed by atoms with Gasteiger partial charge in [0.2, 0.25) is 5.69 Å². The average Bonchev–Trinajstić information content (AvgIpc) is 3.44. The van der Waals surface area contributed by atoms with Gasteiger partial charge in [0, 0.05) is 17.3 Å². The normalized spacial score (nSPS) is 10.9. The predicted octanol–water partition coefficient (Wildman–Crippen LogP) is 2.80. The molecule has 30 heavy (non-hydrogen) atoms. The summed E-state index contributed by atoms with van der Waals surface area (Å²) in [6, 6.07) is 17.5. The standard InChI is InChI=1S/C23H18N6O/c30-23(27-18-8-6-17(7-9-18)19-14-25-15-26-19)22-20-5-1-2-11-29(20)21(28-22)12-16-4-3-10-24-13-16/h1-11,13-15H,12H2,(H2,25,26,27,30)/p+2. The highest BCUT2D eigenvalue weighted by Gasteiger charge is 2.24. The number of aromatic amines is 3. The van der Waals surface area contributed by atoms with Crippen LogP contribution in [0.1, 0.15) is 21.9 Å². The summed E-state index contributed by atoms with van der Waals surface area (Å²) in [4.78, 5) is 26.6. The van der Waals surface area contributed by atoms with Crippen molar-refractivity contribution in [1.29, 1.82) is 0 Å². The van der Waals surface area contributed by atoms with Crippen molar-refractivity contribution >= 4 is 17.1 Å². The van der Waals surface area contributed by atoms with Crippen LogP contribution in [-0.4, -0.2) is 20.9 Å². The number of benzene rings is 1. The van der Waals surface area contributed by atoms with E-state index in [0.717, 1.165) is 33.8 Å². The van der Waals surface area contributed by atoms with Gasteiger partial charge in [-0.3, -0.25) is 4.79 Å². The van der Waals surface area contributed by atoms with Crippen molar-refractivity contribution in [2.75, 3.05) is 5.32 Å². The van der Waals surface area contributed by atoms with Crippen LogP contribution >= 0.6 is 0 Å². The molecule has 0 aliphatic heterocycles. The summed E-state index contributed by atoms with van der Waals surface area (Å²) in [5, 5.41) is 2.98. The molecule has 0 fully saturated rings. The number of nitrogens with zero attached hydrogens (tertiary/aromatic N) is 2.